The van der Waals surface area contributed by atoms with Gasteiger partial charge in [0.05, 0.1) is 5.75 Å². The van der Waals surface area contributed by atoms with E-state index < -0.39 is 13.8 Å². The molecule has 0 aliphatic heterocycles. The van der Waals surface area contributed by atoms with Crippen LogP contribution in [0.2, 0.25) is 0 Å². The number of alkyl halides is 3. The molecule has 0 spiro atoms. The molecule has 1 unspecified atom stereocenters. The molecule has 0 rings (SSSR count). The molecule has 0 bridgehead atoms. The van der Waals surface area contributed by atoms with Gasteiger partial charge in [0.1, 0.15) is 10.0 Å². The minimum absolute atomic E-state index is 0.140. The molecule has 0 saturated carbocycles. The first-order valence-corrected chi connectivity index (χ1v) is 4.81. The second-order valence-corrected chi connectivity index (χ2v) is 5.47. The van der Waals surface area contributed by atoms with Crippen molar-refractivity contribution in [2.24, 2.45) is 0 Å². The molecule has 8 heavy (non-hydrogen) atoms. The molecule has 0 aliphatic rings. The Kier molecular flexibility index (Phi) is 4.04. The van der Waals surface area contributed by atoms with Crippen molar-refractivity contribution < 1.29 is 4.21 Å². The van der Waals surface area contributed by atoms with Gasteiger partial charge in [-0.05, 0) is 10.7 Å². The van der Waals surface area contributed by atoms with Crippen molar-refractivity contribution in [3.8, 4) is 0 Å². The fraction of sp³-hybridized carbons (Fsp3) is 1.00. The fourth-order valence-corrected chi connectivity index (χ4v) is 2.27. The van der Waals surface area contributed by atoms with Crippen molar-refractivity contribution >= 4 is 55.5 Å². The van der Waals surface area contributed by atoms with Crippen LogP contribution < -0.4 is 0 Å². The standard InChI is InChI=1S/C2H2Cl4OS/c3-2(4,5)1-8(6)7/h1H2. The van der Waals surface area contributed by atoms with Crippen LogP contribution in [0.3, 0.4) is 0 Å². The maximum atomic E-state index is 10.1. The molecule has 0 amide bonds. The van der Waals surface area contributed by atoms with Crippen molar-refractivity contribution in [2.75, 3.05) is 5.75 Å². The summed E-state index contributed by atoms with van der Waals surface area (Å²) in [5, 5.41) is 0. The minimum atomic E-state index is -1.56. The molecular formula is C2H2Cl4OS. The summed E-state index contributed by atoms with van der Waals surface area (Å²) in [5.74, 6) is -0.140. The van der Waals surface area contributed by atoms with Crippen LogP contribution in [0.4, 0.5) is 0 Å². The van der Waals surface area contributed by atoms with Gasteiger partial charge in [-0.25, -0.2) is 4.21 Å². The fourth-order valence-electron chi connectivity index (χ4n) is 0.129. The summed E-state index contributed by atoms with van der Waals surface area (Å²) in [6, 6.07) is 0. The van der Waals surface area contributed by atoms with Gasteiger partial charge < -0.3 is 0 Å². The normalized spacial score (nSPS) is 16.0. The largest absolute Gasteiger partial charge is 0.243 e. The lowest BCUT2D eigenvalue weighted by Gasteiger charge is -2.04. The first-order chi connectivity index (χ1) is 3.42. The molecule has 0 fully saturated rings. The van der Waals surface area contributed by atoms with E-state index in [0.717, 1.165) is 0 Å². The molecule has 0 aliphatic carbocycles. The van der Waals surface area contributed by atoms with Gasteiger partial charge in [-0.3, -0.25) is 0 Å². The van der Waals surface area contributed by atoms with E-state index in [1.54, 1.807) is 0 Å². The summed E-state index contributed by atoms with van der Waals surface area (Å²) in [7, 11) is 3.42. The van der Waals surface area contributed by atoms with Crippen LogP contribution in [0, 0.1) is 0 Å². The van der Waals surface area contributed by atoms with Crippen molar-refractivity contribution in [2.45, 2.75) is 3.79 Å². The Bertz CT molecular complexity index is 96.7. The van der Waals surface area contributed by atoms with E-state index in [9.17, 15) is 4.21 Å². The van der Waals surface area contributed by atoms with Gasteiger partial charge in [0.2, 0.25) is 3.79 Å². The zero-order valence-corrected chi connectivity index (χ0v) is 7.38. The predicted molar refractivity (Wildman–Crippen MR) is 39.2 cm³/mol. The maximum Gasteiger partial charge on any atom is 0.203 e. The molecule has 6 heteroatoms. The molecule has 0 aromatic heterocycles. The number of hydrogen-bond donors (Lipinski definition) is 0. The number of rotatable bonds is 1. The lowest BCUT2D eigenvalue weighted by atomic mass is 10.9. The van der Waals surface area contributed by atoms with Crippen LogP contribution in [-0.4, -0.2) is 13.8 Å². The minimum Gasteiger partial charge on any atom is -0.243 e. The molecule has 0 radical (unpaired) electrons. The maximum absolute atomic E-state index is 10.1. The molecule has 50 valence electrons. The Morgan fingerprint density at radius 1 is 1.38 bits per heavy atom. The van der Waals surface area contributed by atoms with Gasteiger partial charge in [-0.2, -0.15) is 0 Å². The van der Waals surface area contributed by atoms with Crippen molar-refractivity contribution in [1.29, 1.82) is 0 Å². The summed E-state index contributed by atoms with van der Waals surface area (Å²) >= 11 is 15.5. The van der Waals surface area contributed by atoms with Crippen LogP contribution in [0.5, 0.6) is 0 Å². The Morgan fingerprint density at radius 2 is 1.75 bits per heavy atom. The smallest absolute Gasteiger partial charge is 0.203 e. The zero-order valence-electron chi connectivity index (χ0n) is 3.54. The van der Waals surface area contributed by atoms with Gasteiger partial charge in [0.15, 0.2) is 0 Å². The molecule has 0 aromatic rings. The van der Waals surface area contributed by atoms with Gasteiger partial charge >= 0.3 is 0 Å². The average Bonchev–Trinajstić information content (AvgIpc) is 1.21. The second-order valence-electron chi connectivity index (χ2n) is 1.05. The summed E-state index contributed by atoms with van der Waals surface area (Å²) < 4.78 is 8.59. The number of halogens is 4. The highest BCUT2D eigenvalue weighted by molar-refractivity contribution is 8.08. The first kappa shape index (κ1) is 9.31. The van der Waals surface area contributed by atoms with E-state index >= 15 is 0 Å². The van der Waals surface area contributed by atoms with E-state index in [0.29, 0.717) is 0 Å². The Balaban J connectivity index is 3.55. The molecular weight excluding hydrogens is 214 g/mol. The lowest BCUT2D eigenvalue weighted by Crippen LogP contribution is -2.10. The van der Waals surface area contributed by atoms with Gasteiger partial charge in [-0.15, -0.1) is 0 Å². The van der Waals surface area contributed by atoms with Crippen LogP contribution in [0.1, 0.15) is 0 Å². The molecule has 0 N–H and O–H groups in total. The van der Waals surface area contributed by atoms with Crippen LogP contribution in [0.25, 0.3) is 0 Å². The third-order valence-corrected chi connectivity index (χ3v) is 2.14. The lowest BCUT2D eigenvalue weighted by molar-refractivity contribution is 0.691. The monoisotopic (exact) mass is 214 g/mol. The highest BCUT2D eigenvalue weighted by Gasteiger charge is 2.21. The zero-order chi connectivity index (χ0) is 6.78. The summed E-state index contributed by atoms with van der Waals surface area (Å²) in [5.41, 5.74) is 0. The Morgan fingerprint density at radius 3 is 1.75 bits per heavy atom. The predicted octanol–water partition coefficient (Wildman–Crippen LogP) is 2.26. The van der Waals surface area contributed by atoms with E-state index in [1.165, 1.54) is 0 Å². The van der Waals surface area contributed by atoms with Crippen molar-refractivity contribution in [1.82, 2.24) is 0 Å². The summed E-state index contributed by atoms with van der Waals surface area (Å²) in [4.78, 5) is 0. The van der Waals surface area contributed by atoms with Gasteiger partial charge in [-0.1, -0.05) is 34.8 Å². The Labute approximate surface area is 69.2 Å². The van der Waals surface area contributed by atoms with E-state index in [4.69, 9.17) is 45.5 Å². The van der Waals surface area contributed by atoms with Gasteiger partial charge in [0, 0.05) is 0 Å². The number of hydrogen-bond acceptors (Lipinski definition) is 1. The Hall–Kier alpha value is 1.31. The quantitative estimate of drug-likeness (QED) is 0.485. The molecule has 0 saturated heterocycles. The van der Waals surface area contributed by atoms with Gasteiger partial charge in [0.25, 0.3) is 0 Å². The molecule has 1 nitrogen and oxygen atoms in total. The average molecular weight is 216 g/mol. The highest BCUT2D eigenvalue weighted by atomic mass is 35.7. The SMILES string of the molecule is O=S(Cl)CC(Cl)(Cl)Cl. The topological polar surface area (TPSA) is 17.1 Å². The first-order valence-electron chi connectivity index (χ1n) is 1.53. The third kappa shape index (κ3) is 7.31. The van der Waals surface area contributed by atoms with Crippen molar-refractivity contribution in [3.63, 3.8) is 0 Å². The summed E-state index contributed by atoms with van der Waals surface area (Å²) in [6.07, 6.45) is 0. The highest BCUT2D eigenvalue weighted by Crippen LogP contribution is 2.27. The molecule has 1 atom stereocenters. The van der Waals surface area contributed by atoms with E-state index in [1.807, 2.05) is 0 Å². The summed E-state index contributed by atoms with van der Waals surface area (Å²) in [6.45, 7) is 0. The molecule has 0 aromatic carbocycles. The second kappa shape index (κ2) is 3.47. The third-order valence-electron chi connectivity index (χ3n) is 0.277. The van der Waals surface area contributed by atoms with E-state index in [-0.39, 0.29) is 5.75 Å². The van der Waals surface area contributed by atoms with E-state index in [2.05, 4.69) is 0 Å². The van der Waals surface area contributed by atoms with Crippen LogP contribution in [-0.2, 0) is 10.0 Å². The van der Waals surface area contributed by atoms with Crippen LogP contribution in [0.15, 0.2) is 0 Å². The molecule has 0 heterocycles. The van der Waals surface area contributed by atoms with Crippen LogP contribution >= 0.6 is 45.5 Å². The van der Waals surface area contributed by atoms with Crippen molar-refractivity contribution in [3.05, 3.63) is 0 Å².